The Hall–Kier alpha value is -3.05. The molecule has 1 aliphatic rings. The number of benzene rings is 1. The fourth-order valence-electron chi connectivity index (χ4n) is 2.65. The van der Waals surface area contributed by atoms with Crippen molar-refractivity contribution in [2.24, 2.45) is 7.05 Å². The normalized spacial score (nSPS) is 14.4. The van der Waals surface area contributed by atoms with Gasteiger partial charge in [-0.2, -0.15) is 9.40 Å². The monoisotopic (exact) mass is 402 g/mol. The molecular formula is C17H18N6O4S. The SMILES string of the molecule is CN(C1CC1)S(=O)(=O)c1ccc(C(=O)Nc2nnc(-c3ccn(C)n3)o2)cc1. The van der Waals surface area contributed by atoms with Crippen LogP contribution in [0.2, 0.25) is 0 Å². The summed E-state index contributed by atoms with van der Waals surface area (Å²) in [5.74, 6) is -0.309. The summed E-state index contributed by atoms with van der Waals surface area (Å²) in [6.07, 6.45) is 3.48. The Morgan fingerprint density at radius 2 is 1.93 bits per heavy atom. The van der Waals surface area contributed by atoms with Crippen LogP contribution in [-0.2, 0) is 17.1 Å². The van der Waals surface area contributed by atoms with Crippen LogP contribution in [-0.4, -0.2) is 51.7 Å². The summed E-state index contributed by atoms with van der Waals surface area (Å²) < 4.78 is 33.4. The highest BCUT2D eigenvalue weighted by Gasteiger charge is 2.35. The minimum Gasteiger partial charge on any atom is -0.401 e. The average molecular weight is 402 g/mol. The van der Waals surface area contributed by atoms with Crippen molar-refractivity contribution in [3.63, 3.8) is 0 Å². The van der Waals surface area contributed by atoms with E-state index in [0.29, 0.717) is 5.69 Å². The predicted octanol–water partition coefficient (Wildman–Crippen LogP) is 1.51. The molecule has 1 N–H and O–H groups in total. The third-order valence-electron chi connectivity index (χ3n) is 4.43. The number of hydrogen-bond acceptors (Lipinski definition) is 7. The molecule has 2 heterocycles. The minimum absolute atomic E-state index is 0.0683. The van der Waals surface area contributed by atoms with Gasteiger partial charge in [-0.25, -0.2) is 8.42 Å². The van der Waals surface area contributed by atoms with Gasteiger partial charge in [0.1, 0.15) is 5.69 Å². The molecule has 1 saturated carbocycles. The van der Waals surface area contributed by atoms with E-state index in [4.69, 9.17) is 4.42 Å². The van der Waals surface area contributed by atoms with Crippen molar-refractivity contribution in [1.29, 1.82) is 0 Å². The second-order valence-corrected chi connectivity index (χ2v) is 8.52. The zero-order valence-electron chi connectivity index (χ0n) is 15.2. The molecule has 0 bridgehead atoms. The van der Waals surface area contributed by atoms with Crippen molar-refractivity contribution in [3.8, 4) is 11.6 Å². The highest BCUT2D eigenvalue weighted by Crippen LogP contribution is 2.30. The molecular weight excluding hydrogens is 384 g/mol. The van der Waals surface area contributed by atoms with Crippen molar-refractivity contribution < 1.29 is 17.6 Å². The molecule has 0 radical (unpaired) electrons. The number of hydrogen-bond donors (Lipinski definition) is 1. The van der Waals surface area contributed by atoms with Gasteiger partial charge in [-0.05, 0) is 43.2 Å². The first-order valence-corrected chi connectivity index (χ1v) is 10.0. The van der Waals surface area contributed by atoms with Crippen molar-refractivity contribution >= 4 is 21.9 Å². The molecule has 146 valence electrons. The van der Waals surface area contributed by atoms with Crippen molar-refractivity contribution in [1.82, 2.24) is 24.3 Å². The van der Waals surface area contributed by atoms with E-state index >= 15 is 0 Å². The standard InChI is InChI=1S/C17H18N6O4S/c1-22-10-9-14(21-22)16-19-20-17(27-16)18-15(24)11-3-7-13(8-4-11)28(25,26)23(2)12-5-6-12/h3-4,7-10,12H,5-6H2,1-2H3,(H,18,20,24). The number of carbonyl (C=O) groups excluding carboxylic acids is 1. The Balaban J connectivity index is 1.46. The number of anilines is 1. The highest BCUT2D eigenvalue weighted by atomic mass is 32.2. The Bertz CT molecular complexity index is 1110. The molecule has 3 aromatic rings. The molecule has 0 spiro atoms. The van der Waals surface area contributed by atoms with Gasteiger partial charge in [-0.1, -0.05) is 5.10 Å². The number of amides is 1. The molecule has 0 atom stereocenters. The average Bonchev–Trinajstić information content (AvgIpc) is 3.28. The largest absolute Gasteiger partial charge is 0.401 e. The summed E-state index contributed by atoms with van der Waals surface area (Å²) in [5.41, 5.74) is 0.760. The van der Waals surface area contributed by atoms with Crippen LogP contribution in [0, 0.1) is 0 Å². The van der Waals surface area contributed by atoms with Crippen LogP contribution in [0.25, 0.3) is 11.6 Å². The second-order valence-electron chi connectivity index (χ2n) is 6.52. The van der Waals surface area contributed by atoms with Gasteiger partial charge in [0, 0.05) is 31.9 Å². The Kier molecular flexibility index (Phi) is 4.47. The van der Waals surface area contributed by atoms with E-state index in [1.165, 1.54) is 28.6 Å². The lowest BCUT2D eigenvalue weighted by Gasteiger charge is -2.16. The second kappa shape index (κ2) is 6.84. The van der Waals surface area contributed by atoms with Crippen LogP contribution in [0.15, 0.2) is 45.8 Å². The molecule has 1 aliphatic carbocycles. The molecule has 2 aromatic heterocycles. The smallest absolute Gasteiger partial charge is 0.322 e. The van der Waals surface area contributed by atoms with Crippen molar-refractivity contribution in [2.75, 3.05) is 12.4 Å². The van der Waals surface area contributed by atoms with Crippen LogP contribution in [0.4, 0.5) is 6.01 Å². The molecule has 1 aromatic carbocycles. The lowest BCUT2D eigenvalue weighted by Crippen LogP contribution is -2.29. The number of carbonyl (C=O) groups is 1. The first kappa shape index (κ1) is 18.3. The van der Waals surface area contributed by atoms with Gasteiger partial charge < -0.3 is 4.42 Å². The zero-order valence-corrected chi connectivity index (χ0v) is 16.0. The molecule has 11 heteroatoms. The molecule has 1 amide bonds. The first-order valence-electron chi connectivity index (χ1n) is 8.57. The number of nitrogens with zero attached hydrogens (tertiary/aromatic N) is 5. The minimum atomic E-state index is -3.55. The lowest BCUT2D eigenvalue weighted by molar-refractivity contribution is 0.102. The maximum Gasteiger partial charge on any atom is 0.322 e. The topological polar surface area (TPSA) is 123 Å². The van der Waals surface area contributed by atoms with Crippen LogP contribution in [0.5, 0.6) is 0 Å². The van der Waals surface area contributed by atoms with Gasteiger partial charge in [0.2, 0.25) is 10.0 Å². The summed E-state index contributed by atoms with van der Waals surface area (Å²) in [7, 11) is -0.220. The molecule has 0 saturated heterocycles. The molecule has 0 aliphatic heterocycles. The molecule has 10 nitrogen and oxygen atoms in total. The van der Waals surface area contributed by atoms with Crippen molar-refractivity contribution in [2.45, 2.75) is 23.8 Å². The fraction of sp³-hybridized carbons (Fsp3) is 0.294. The van der Waals surface area contributed by atoms with E-state index in [9.17, 15) is 13.2 Å². The van der Waals surface area contributed by atoms with Gasteiger partial charge in [-0.3, -0.25) is 14.8 Å². The van der Waals surface area contributed by atoms with Gasteiger partial charge in [0.25, 0.3) is 11.8 Å². The van der Waals surface area contributed by atoms with Crippen LogP contribution in [0.3, 0.4) is 0 Å². The third kappa shape index (κ3) is 3.53. The van der Waals surface area contributed by atoms with E-state index in [-0.39, 0.29) is 28.4 Å². The summed E-state index contributed by atoms with van der Waals surface area (Å²) in [4.78, 5) is 12.5. The van der Waals surface area contributed by atoms with Gasteiger partial charge in [0.05, 0.1) is 4.90 Å². The number of aromatic nitrogens is 4. The Labute approximate surface area is 161 Å². The van der Waals surface area contributed by atoms with Gasteiger partial charge in [-0.15, -0.1) is 5.10 Å². The number of sulfonamides is 1. The predicted molar refractivity (Wildman–Crippen MR) is 98.9 cm³/mol. The molecule has 28 heavy (non-hydrogen) atoms. The maximum absolute atomic E-state index is 12.5. The van der Waals surface area contributed by atoms with Crippen LogP contribution >= 0.6 is 0 Å². The zero-order chi connectivity index (χ0) is 19.9. The summed E-state index contributed by atoms with van der Waals surface area (Å²) in [6, 6.07) is 7.41. The quantitative estimate of drug-likeness (QED) is 0.663. The fourth-order valence-corrected chi connectivity index (χ4v) is 4.07. The van der Waals surface area contributed by atoms with Crippen molar-refractivity contribution in [3.05, 3.63) is 42.1 Å². The van der Waals surface area contributed by atoms with E-state index < -0.39 is 15.9 Å². The maximum atomic E-state index is 12.5. The number of nitrogens with one attached hydrogen (secondary N) is 1. The van der Waals surface area contributed by atoms with E-state index in [1.807, 2.05) is 0 Å². The molecule has 4 rings (SSSR count). The highest BCUT2D eigenvalue weighted by molar-refractivity contribution is 7.89. The third-order valence-corrected chi connectivity index (χ3v) is 6.36. The molecule has 0 unspecified atom stereocenters. The molecule has 1 fully saturated rings. The Morgan fingerprint density at radius 3 is 2.54 bits per heavy atom. The number of rotatable bonds is 6. The van der Waals surface area contributed by atoms with Gasteiger partial charge in [0.15, 0.2) is 0 Å². The summed E-state index contributed by atoms with van der Waals surface area (Å²) in [6.45, 7) is 0. The lowest BCUT2D eigenvalue weighted by atomic mass is 10.2. The summed E-state index contributed by atoms with van der Waals surface area (Å²) in [5, 5.41) is 14.2. The van der Waals surface area contributed by atoms with Gasteiger partial charge >= 0.3 is 6.01 Å². The van der Waals surface area contributed by atoms with E-state index in [1.54, 1.807) is 31.0 Å². The van der Waals surface area contributed by atoms with E-state index in [2.05, 4.69) is 20.6 Å². The first-order chi connectivity index (χ1) is 13.3. The van der Waals surface area contributed by atoms with Crippen LogP contribution in [0.1, 0.15) is 23.2 Å². The van der Waals surface area contributed by atoms with E-state index in [0.717, 1.165) is 12.8 Å². The number of aryl methyl sites for hydroxylation is 1. The Morgan fingerprint density at radius 1 is 1.21 bits per heavy atom. The summed E-state index contributed by atoms with van der Waals surface area (Å²) >= 11 is 0. The van der Waals surface area contributed by atoms with Crippen LogP contribution < -0.4 is 5.32 Å².